The molecule has 1 aliphatic carbocycles. The zero-order valence-electron chi connectivity index (χ0n) is 10.5. The van der Waals surface area contributed by atoms with Crippen molar-refractivity contribution < 1.29 is 0 Å². The van der Waals surface area contributed by atoms with Gasteiger partial charge in [0.05, 0.1) is 11.7 Å². The molecule has 18 heavy (non-hydrogen) atoms. The number of hydrogen-bond donors (Lipinski definition) is 1. The summed E-state index contributed by atoms with van der Waals surface area (Å²) in [5.74, 6) is 2.54. The molecule has 1 saturated heterocycles. The topological polar surface area (TPSA) is 55.1 Å². The van der Waals surface area contributed by atoms with E-state index in [0.29, 0.717) is 6.04 Å². The van der Waals surface area contributed by atoms with Crippen LogP contribution in [0, 0.1) is 18.8 Å². The fourth-order valence-corrected chi connectivity index (χ4v) is 3.56. The lowest BCUT2D eigenvalue weighted by Gasteiger charge is -2.15. The number of nitrogens with zero attached hydrogens (tertiary/aromatic N) is 4. The molecule has 0 radical (unpaired) electrons. The van der Waals surface area contributed by atoms with Gasteiger partial charge in [0.15, 0.2) is 11.5 Å². The largest absolute Gasteiger partial charge is 0.307 e. The van der Waals surface area contributed by atoms with E-state index in [1.54, 1.807) is 0 Å². The zero-order valence-corrected chi connectivity index (χ0v) is 10.5. The van der Waals surface area contributed by atoms with Gasteiger partial charge in [-0.2, -0.15) is 9.61 Å². The zero-order chi connectivity index (χ0) is 12.1. The number of aromatic nitrogens is 4. The number of hydrogen-bond acceptors (Lipinski definition) is 4. The quantitative estimate of drug-likeness (QED) is 0.824. The Kier molecular flexibility index (Phi) is 2.17. The Morgan fingerprint density at radius 1 is 1.28 bits per heavy atom. The molecule has 1 aliphatic heterocycles. The molecule has 1 saturated carbocycles. The van der Waals surface area contributed by atoms with E-state index in [1.807, 2.05) is 23.6 Å². The summed E-state index contributed by atoms with van der Waals surface area (Å²) in [6, 6.07) is 4.30. The number of rotatable bonds is 1. The summed E-state index contributed by atoms with van der Waals surface area (Å²) >= 11 is 0. The van der Waals surface area contributed by atoms with Crippen molar-refractivity contribution in [3.8, 4) is 0 Å². The van der Waals surface area contributed by atoms with Crippen molar-refractivity contribution in [2.75, 3.05) is 6.54 Å². The van der Waals surface area contributed by atoms with Crippen LogP contribution in [-0.4, -0.2) is 26.4 Å². The van der Waals surface area contributed by atoms with Crippen molar-refractivity contribution in [3.05, 3.63) is 23.7 Å². The third-order valence-electron chi connectivity index (χ3n) is 4.44. The second-order valence-corrected chi connectivity index (χ2v) is 5.54. The van der Waals surface area contributed by atoms with E-state index in [2.05, 4.69) is 20.6 Å². The molecule has 5 heteroatoms. The highest BCUT2D eigenvalue weighted by Crippen LogP contribution is 2.43. The second kappa shape index (κ2) is 3.75. The Hall–Kier alpha value is -1.49. The number of nitrogens with one attached hydrogen (secondary N) is 1. The maximum absolute atomic E-state index is 4.55. The molecule has 5 nitrogen and oxygen atoms in total. The van der Waals surface area contributed by atoms with E-state index in [0.717, 1.165) is 35.5 Å². The molecule has 2 aromatic heterocycles. The van der Waals surface area contributed by atoms with Gasteiger partial charge in [0.25, 0.3) is 0 Å². The highest BCUT2D eigenvalue weighted by Gasteiger charge is 2.41. The van der Waals surface area contributed by atoms with Gasteiger partial charge in [-0.1, -0.05) is 6.42 Å². The third kappa shape index (κ3) is 1.40. The standard InChI is InChI=1S/C13H17N5/c1-8-5-6-11-15-16-13(18(11)17-8)12-10-4-2-3-9(10)7-14-12/h5-6,9-10,12,14H,2-4,7H2,1H3. The van der Waals surface area contributed by atoms with E-state index in [4.69, 9.17) is 0 Å². The predicted molar refractivity (Wildman–Crippen MR) is 67.1 cm³/mol. The molecule has 2 aromatic rings. The summed E-state index contributed by atoms with van der Waals surface area (Å²) < 4.78 is 1.91. The first kappa shape index (κ1) is 10.4. The van der Waals surface area contributed by atoms with Gasteiger partial charge in [-0.25, -0.2) is 0 Å². The van der Waals surface area contributed by atoms with Crippen molar-refractivity contribution >= 4 is 5.65 Å². The number of aryl methyl sites for hydroxylation is 1. The molecule has 0 spiro atoms. The highest BCUT2D eigenvalue weighted by molar-refractivity contribution is 5.36. The summed E-state index contributed by atoms with van der Waals surface area (Å²) in [6.45, 7) is 3.12. The Balaban J connectivity index is 1.80. The summed E-state index contributed by atoms with van der Waals surface area (Å²) in [7, 11) is 0. The molecule has 1 N–H and O–H groups in total. The average Bonchev–Trinajstić information content (AvgIpc) is 3.01. The highest BCUT2D eigenvalue weighted by atomic mass is 15.4. The van der Waals surface area contributed by atoms with Gasteiger partial charge < -0.3 is 5.32 Å². The molecule has 0 aromatic carbocycles. The monoisotopic (exact) mass is 243 g/mol. The van der Waals surface area contributed by atoms with Gasteiger partial charge >= 0.3 is 0 Å². The van der Waals surface area contributed by atoms with Crippen molar-refractivity contribution in [1.82, 2.24) is 25.1 Å². The maximum Gasteiger partial charge on any atom is 0.177 e. The van der Waals surface area contributed by atoms with Crippen LogP contribution >= 0.6 is 0 Å². The van der Waals surface area contributed by atoms with E-state index < -0.39 is 0 Å². The molecule has 2 aliphatic rings. The van der Waals surface area contributed by atoms with E-state index in [1.165, 1.54) is 19.3 Å². The molecule has 2 fully saturated rings. The lowest BCUT2D eigenvalue weighted by atomic mass is 9.94. The van der Waals surface area contributed by atoms with Crippen LogP contribution in [0.2, 0.25) is 0 Å². The van der Waals surface area contributed by atoms with Crippen molar-refractivity contribution in [2.45, 2.75) is 32.2 Å². The van der Waals surface area contributed by atoms with Gasteiger partial charge in [-0.05, 0) is 50.3 Å². The fraction of sp³-hybridized carbons (Fsp3) is 0.615. The molecule has 4 rings (SSSR count). The first-order valence-electron chi connectivity index (χ1n) is 6.75. The fourth-order valence-electron chi connectivity index (χ4n) is 3.56. The Bertz CT molecular complexity index is 590. The van der Waals surface area contributed by atoms with Crippen LogP contribution in [0.1, 0.15) is 36.8 Å². The maximum atomic E-state index is 4.55. The van der Waals surface area contributed by atoms with Crippen molar-refractivity contribution in [3.63, 3.8) is 0 Å². The van der Waals surface area contributed by atoms with Crippen LogP contribution in [-0.2, 0) is 0 Å². The van der Waals surface area contributed by atoms with E-state index in [9.17, 15) is 0 Å². The van der Waals surface area contributed by atoms with Crippen LogP contribution in [0.15, 0.2) is 12.1 Å². The van der Waals surface area contributed by atoms with Gasteiger partial charge in [-0.15, -0.1) is 10.2 Å². The van der Waals surface area contributed by atoms with Crippen LogP contribution < -0.4 is 5.32 Å². The normalized spacial score (nSPS) is 31.1. The molecule has 3 atom stereocenters. The van der Waals surface area contributed by atoms with Gasteiger partial charge in [0.1, 0.15) is 0 Å². The van der Waals surface area contributed by atoms with Crippen LogP contribution in [0.5, 0.6) is 0 Å². The molecule has 0 bridgehead atoms. The van der Waals surface area contributed by atoms with Crippen LogP contribution in [0.25, 0.3) is 5.65 Å². The molecular weight excluding hydrogens is 226 g/mol. The number of fused-ring (bicyclic) bond motifs is 2. The summed E-state index contributed by atoms with van der Waals surface area (Å²) in [4.78, 5) is 0. The SMILES string of the molecule is Cc1ccc2nnc(C3NCC4CCCC43)n2n1. The summed E-state index contributed by atoms with van der Waals surface area (Å²) in [5, 5.41) is 16.8. The van der Waals surface area contributed by atoms with Gasteiger partial charge in [0.2, 0.25) is 0 Å². The van der Waals surface area contributed by atoms with Crippen molar-refractivity contribution in [1.29, 1.82) is 0 Å². The summed E-state index contributed by atoms with van der Waals surface area (Å²) in [5.41, 5.74) is 1.85. The first-order chi connectivity index (χ1) is 8.83. The Labute approximate surface area is 106 Å². The molecule has 0 amide bonds. The minimum atomic E-state index is 0.335. The molecular formula is C13H17N5. The van der Waals surface area contributed by atoms with Crippen LogP contribution in [0.4, 0.5) is 0 Å². The lowest BCUT2D eigenvalue weighted by molar-refractivity contribution is 0.402. The molecule has 3 unspecified atom stereocenters. The lowest BCUT2D eigenvalue weighted by Crippen LogP contribution is -2.21. The predicted octanol–water partition coefficient (Wildman–Crippen LogP) is 1.49. The van der Waals surface area contributed by atoms with E-state index >= 15 is 0 Å². The average molecular weight is 243 g/mol. The Morgan fingerprint density at radius 3 is 3.17 bits per heavy atom. The Morgan fingerprint density at radius 2 is 2.22 bits per heavy atom. The minimum absolute atomic E-state index is 0.335. The first-order valence-corrected chi connectivity index (χ1v) is 6.75. The van der Waals surface area contributed by atoms with Crippen LogP contribution in [0.3, 0.4) is 0 Å². The minimum Gasteiger partial charge on any atom is -0.307 e. The van der Waals surface area contributed by atoms with E-state index in [-0.39, 0.29) is 0 Å². The summed E-state index contributed by atoms with van der Waals surface area (Å²) in [6.07, 6.45) is 4.02. The van der Waals surface area contributed by atoms with Gasteiger partial charge in [-0.3, -0.25) is 0 Å². The second-order valence-electron chi connectivity index (χ2n) is 5.54. The smallest absolute Gasteiger partial charge is 0.177 e. The third-order valence-corrected chi connectivity index (χ3v) is 4.44. The van der Waals surface area contributed by atoms with Crippen molar-refractivity contribution in [2.24, 2.45) is 11.8 Å². The van der Waals surface area contributed by atoms with Gasteiger partial charge in [0, 0.05) is 0 Å². The molecule has 3 heterocycles. The molecule has 94 valence electrons.